The summed E-state index contributed by atoms with van der Waals surface area (Å²) < 4.78 is 5.38. The van der Waals surface area contributed by atoms with Gasteiger partial charge >= 0.3 is 0 Å². The molecule has 2 unspecified atom stereocenters. The van der Waals surface area contributed by atoms with E-state index in [1.807, 2.05) is 0 Å². The molecular weight excluding hydrogens is 210 g/mol. The van der Waals surface area contributed by atoms with Crippen molar-refractivity contribution in [1.29, 1.82) is 0 Å². The van der Waals surface area contributed by atoms with Crippen LogP contribution in [0.4, 0.5) is 0 Å². The monoisotopic (exact) mass is 233 g/mol. The number of rotatable bonds is 2. The second-order valence-electron chi connectivity index (χ2n) is 5.25. The Balaban J connectivity index is 2.28. The molecule has 94 valence electrons. The van der Waals surface area contributed by atoms with E-state index in [0.29, 0.717) is 12.0 Å². The zero-order chi connectivity index (χ0) is 12.4. The van der Waals surface area contributed by atoms with Crippen LogP contribution in [0.25, 0.3) is 0 Å². The molecule has 0 aliphatic carbocycles. The smallest absolute Gasteiger partial charge is 0.122 e. The maximum atomic E-state index is 5.38. The van der Waals surface area contributed by atoms with E-state index in [0.717, 1.165) is 12.3 Å². The second kappa shape index (κ2) is 5.09. The van der Waals surface area contributed by atoms with Gasteiger partial charge < -0.3 is 10.1 Å². The Morgan fingerprint density at radius 3 is 2.65 bits per heavy atom. The average Bonchev–Trinajstić information content (AvgIpc) is 2.31. The fourth-order valence-electron chi connectivity index (χ4n) is 2.89. The molecule has 1 heterocycles. The molecule has 0 spiro atoms. The SMILES string of the molecule is COc1cc(C)c(C2CCNC(C)C2)cc1C. The number of methoxy groups -OCH3 is 1. The summed E-state index contributed by atoms with van der Waals surface area (Å²) in [5.74, 6) is 1.71. The highest BCUT2D eigenvalue weighted by Gasteiger charge is 2.21. The Bertz CT molecular complexity index is 400. The molecule has 0 aromatic heterocycles. The van der Waals surface area contributed by atoms with Gasteiger partial charge in [0, 0.05) is 6.04 Å². The molecule has 0 amide bonds. The van der Waals surface area contributed by atoms with Crippen molar-refractivity contribution in [3.63, 3.8) is 0 Å². The first kappa shape index (κ1) is 12.4. The predicted molar refractivity (Wildman–Crippen MR) is 71.9 cm³/mol. The number of benzene rings is 1. The van der Waals surface area contributed by atoms with Gasteiger partial charge in [0.1, 0.15) is 5.75 Å². The molecule has 1 aromatic carbocycles. The first-order valence-corrected chi connectivity index (χ1v) is 6.50. The van der Waals surface area contributed by atoms with E-state index in [2.05, 4.69) is 38.2 Å². The lowest BCUT2D eigenvalue weighted by molar-refractivity contribution is 0.379. The van der Waals surface area contributed by atoms with Gasteiger partial charge in [-0.15, -0.1) is 0 Å². The number of hydrogen-bond donors (Lipinski definition) is 1. The summed E-state index contributed by atoms with van der Waals surface area (Å²) in [6.45, 7) is 7.74. The van der Waals surface area contributed by atoms with Gasteiger partial charge in [-0.2, -0.15) is 0 Å². The quantitative estimate of drug-likeness (QED) is 0.847. The van der Waals surface area contributed by atoms with Gasteiger partial charge in [-0.05, 0) is 68.8 Å². The van der Waals surface area contributed by atoms with Crippen molar-refractivity contribution in [3.05, 3.63) is 28.8 Å². The lowest BCUT2D eigenvalue weighted by Crippen LogP contribution is -2.35. The van der Waals surface area contributed by atoms with Crippen LogP contribution in [-0.4, -0.2) is 19.7 Å². The van der Waals surface area contributed by atoms with Gasteiger partial charge in [0.2, 0.25) is 0 Å². The van der Waals surface area contributed by atoms with Crippen LogP contribution in [0.5, 0.6) is 5.75 Å². The van der Waals surface area contributed by atoms with Crippen LogP contribution < -0.4 is 10.1 Å². The fourth-order valence-corrected chi connectivity index (χ4v) is 2.89. The average molecular weight is 233 g/mol. The third-order valence-corrected chi connectivity index (χ3v) is 3.85. The van der Waals surface area contributed by atoms with Crippen molar-refractivity contribution in [2.45, 2.75) is 45.6 Å². The largest absolute Gasteiger partial charge is 0.496 e. The molecule has 2 atom stereocenters. The Morgan fingerprint density at radius 1 is 1.24 bits per heavy atom. The molecule has 2 nitrogen and oxygen atoms in total. The molecule has 0 bridgehead atoms. The molecule has 1 aliphatic rings. The zero-order valence-electron chi connectivity index (χ0n) is 11.3. The maximum Gasteiger partial charge on any atom is 0.122 e. The first-order valence-electron chi connectivity index (χ1n) is 6.50. The van der Waals surface area contributed by atoms with Crippen LogP contribution in [0.1, 0.15) is 42.4 Å². The van der Waals surface area contributed by atoms with Crippen molar-refractivity contribution >= 4 is 0 Å². The van der Waals surface area contributed by atoms with Gasteiger partial charge in [0.15, 0.2) is 0 Å². The second-order valence-corrected chi connectivity index (χ2v) is 5.25. The zero-order valence-corrected chi connectivity index (χ0v) is 11.3. The van der Waals surface area contributed by atoms with Gasteiger partial charge in [-0.25, -0.2) is 0 Å². The Kier molecular flexibility index (Phi) is 3.72. The van der Waals surface area contributed by atoms with E-state index in [4.69, 9.17) is 4.74 Å². The Morgan fingerprint density at radius 2 is 2.00 bits per heavy atom. The van der Waals surface area contributed by atoms with Crippen LogP contribution in [0.3, 0.4) is 0 Å². The third-order valence-electron chi connectivity index (χ3n) is 3.85. The summed E-state index contributed by atoms with van der Waals surface area (Å²) in [6, 6.07) is 5.13. The molecular formula is C15H23NO. The van der Waals surface area contributed by atoms with Crippen LogP contribution in [-0.2, 0) is 0 Å². The van der Waals surface area contributed by atoms with Gasteiger partial charge in [-0.3, -0.25) is 0 Å². The highest BCUT2D eigenvalue weighted by Crippen LogP contribution is 2.33. The van der Waals surface area contributed by atoms with Crippen molar-refractivity contribution in [3.8, 4) is 5.75 Å². The minimum Gasteiger partial charge on any atom is -0.496 e. The number of nitrogens with one attached hydrogen (secondary N) is 1. The summed E-state index contributed by atoms with van der Waals surface area (Å²) in [5.41, 5.74) is 4.13. The minimum atomic E-state index is 0.635. The lowest BCUT2D eigenvalue weighted by atomic mass is 9.84. The lowest BCUT2D eigenvalue weighted by Gasteiger charge is -2.29. The van der Waals surface area contributed by atoms with Crippen molar-refractivity contribution in [1.82, 2.24) is 5.32 Å². The molecule has 1 aromatic rings. The normalized spacial score (nSPS) is 24.7. The van der Waals surface area contributed by atoms with Gasteiger partial charge in [0.25, 0.3) is 0 Å². The number of ether oxygens (including phenoxy) is 1. The number of hydrogen-bond acceptors (Lipinski definition) is 2. The molecule has 0 radical (unpaired) electrons. The van der Waals surface area contributed by atoms with Gasteiger partial charge in [-0.1, -0.05) is 6.07 Å². The van der Waals surface area contributed by atoms with E-state index < -0.39 is 0 Å². The molecule has 1 N–H and O–H groups in total. The van der Waals surface area contributed by atoms with Gasteiger partial charge in [0.05, 0.1) is 7.11 Å². The van der Waals surface area contributed by atoms with Crippen LogP contribution in [0.15, 0.2) is 12.1 Å². The predicted octanol–water partition coefficient (Wildman–Crippen LogP) is 3.17. The van der Waals surface area contributed by atoms with Crippen LogP contribution in [0.2, 0.25) is 0 Å². The summed E-state index contributed by atoms with van der Waals surface area (Å²) in [5, 5.41) is 3.51. The van der Waals surface area contributed by atoms with E-state index in [-0.39, 0.29) is 0 Å². The van der Waals surface area contributed by atoms with Crippen molar-refractivity contribution < 1.29 is 4.74 Å². The summed E-state index contributed by atoms with van der Waals surface area (Å²) in [7, 11) is 1.74. The summed E-state index contributed by atoms with van der Waals surface area (Å²) in [4.78, 5) is 0. The molecule has 0 saturated carbocycles. The Labute approximate surface area is 104 Å². The summed E-state index contributed by atoms with van der Waals surface area (Å²) >= 11 is 0. The highest BCUT2D eigenvalue weighted by atomic mass is 16.5. The number of piperidine rings is 1. The van der Waals surface area contributed by atoms with Crippen molar-refractivity contribution in [2.24, 2.45) is 0 Å². The maximum absolute atomic E-state index is 5.38. The van der Waals surface area contributed by atoms with Crippen LogP contribution in [0, 0.1) is 13.8 Å². The van der Waals surface area contributed by atoms with E-state index in [9.17, 15) is 0 Å². The third kappa shape index (κ3) is 2.63. The molecule has 2 heteroatoms. The van der Waals surface area contributed by atoms with E-state index >= 15 is 0 Å². The van der Waals surface area contributed by atoms with E-state index in [1.165, 1.54) is 29.5 Å². The minimum absolute atomic E-state index is 0.635. The standard InChI is InChI=1S/C15H23NO/c1-10-8-15(17-4)11(2)7-14(10)13-5-6-16-12(3)9-13/h7-8,12-13,16H,5-6,9H2,1-4H3. The molecule has 1 saturated heterocycles. The number of aryl methyl sites for hydroxylation is 2. The van der Waals surface area contributed by atoms with E-state index in [1.54, 1.807) is 7.11 Å². The van der Waals surface area contributed by atoms with Crippen LogP contribution >= 0.6 is 0 Å². The molecule has 17 heavy (non-hydrogen) atoms. The first-order chi connectivity index (χ1) is 8.11. The highest BCUT2D eigenvalue weighted by molar-refractivity contribution is 5.43. The topological polar surface area (TPSA) is 21.3 Å². The molecule has 2 rings (SSSR count). The summed E-state index contributed by atoms with van der Waals surface area (Å²) in [6.07, 6.45) is 2.49. The Hall–Kier alpha value is -1.02. The molecule has 1 fully saturated rings. The van der Waals surface area contributed by atoms with Crippen molar-refractivity contribution in [2.75, 3.05) is 13.7 Å². The molecule has 1 aliphatic heterocycles. The fraction of sp³-hybridized carbons (Fsp3) is 0.600.